The summed E-state index contributed by atoms with van der Waals surface area (Å²) in [6.07, 6.45) is 4.25. The third-order valence-electron chi connectivity index (χ3n) is 2.86. The summed E-state index contributed by atoms with van der Waals surface area (Å²) in [6, 6.07) is 0. The van der Waals surface area contributed by atoms with Crippen LogP contribution in [0.4, 0.5) is 0 Å². The maximum Gasteiger partial charge on any atom is 0.240 e. The minimum absolute atomic E-state index is 0. The SMILES string of the molecule is CN(C)Cc1nc(C2(N)CCCC2)no1.Cl.Cl. The van der Waals surface area contributed by atoms with Crippen molar-refractivity contribution < 1.29 is 4.52 Å². The highest BCUT2D eigenvalue weighted by Crippen LogP contribution is 2.34. The summed E-state index contributed by atoms with van der Waals surface area (Å²) in [4.78, 5) is 6.35. The second-order valence-corrected chi connectivity index (χ2v) is 4.61. The molecule has 1 aliphatic rings. The number of rotatable bonds is 3. The van der Waals surface area contributed by atoms with Crippen LogP contribution in [0.25, 0.3) is 0 Å². The van der Waals surface area contributed by atoms with E-state index in [1.807, 2.05) is 19.0 Å². The van der Waals surface area contributed by atoms with E-state index >= 15 is 0 Å². The van der Waals surface area contributed by atoms with E-state index in [4.69, 9.17) is 10.3 Å². The van der Waals surface area contributed by atoms with Gasteiger partial charge in [0.1, 0.15) is 0 Å². The molecule has 2 N–H and O–H groups in total. The van der Waals surface area contributed by atoms with Crippen LogP contribution in [-0.4, -0.2) is 29.1 Å². The fraction of sp³-hybridized carbons (Fsp3) is 0.800. The van der Waals surface area contributed by atoms with Crippen LogP contribution >= 0.6 is 24.8 Å². The van der Waals surface area contributed by atoms with Gasteiger partial charge in [-0.2, -0.15) is 4.98 Å². The van der Waals surface area contributed by atoms with Crippen molar-refractivity contribution in [3.8, 4) is 0 Å². The van der Waals surface area contributed by atoms with E-state index in [0.717, 1.165) is 25.7 Å². The number of nitrogens with zero attached hydrogens (tertiary/aromatic N) is 3. The molecule has 2 rings (SSSR count). The van der Waals surface area contributed by atoms with Crippen LogP contribution < -0.4 is 5.73 Å². The van der Waals surface area contributed by atoms with Crippen molar-refractivity contribution in [2.45, 2.75) is 37.8 Å². The zero-order valence-corrected chi connectivity index (χ0v) is 11.8. The van der Waals surface area contributed by atoms with Crippen molar-refractivity contribution in [1.29, 1.82) is 0 Å². The molecular formula is C10H20Cl2N4O. The van der Waals surface area contributed by atoms with Crippen LogP contribution in [0.3, 0.4) is 0 Å². The predicted octanol–water partition coefficient (Wildman–Crippen LogP) is 1.70. The lowest BCUT2D eigenvalue weighted by atomic mass is 9.99. The quantitative estimate of drug-likeness (QED) is 0.914. The smallest absolute Gasteiger partial charge is 0.240 e. The molecule has 5 nitrogen and oxygen atoms in total. The van der Waals surface area contributed by atoms with Crippen LogP contribution in [0.2, 0.25) is 0 Å². The molecule has 1 aromatic heterocycles. The molecule has 0 radical (unpaired) electrons. The molecule has 0 saturated heterocycles. The highest BCUT2D eigenvalue weighted by atomic mass is 35.5. The van der Waals surface area contributed by atoms with Gasteiger partial charge in [0.25, 0.3) is 0 Å². The second kappa shape index (κ2) is 6.54. The molecular weight excluding hydrogens is 263 g/mol. The van der Waals surface area contributed by atoms with Gasteiger partial charge in [-0.05, 0) is 26.9 Å². The first-order chi connectivity index (χ1) is 7.10. The predicted molar refractivity (Wildman–Crippen MR) is 70.5 cm³/mol. The number of hydrogen-bond acceptors (Lipinski definition) is 5. The van der Waals surface area contributed by atoms with Crippen LogP contribution in [0.5, 0.6) is 0 Å². The molecule has 7 heteroatoms. The zero-order valence-electron chi connectivity index (χ0n) is 10.2. The van der Waals surface area contributed by atoms with Crippen LogP contribution in [0.1, 0.15) is 37.4 Å². The van der Waals surface area contributed by atoms with Crippen molar-refractivity contribution in [2.75, 3.05) is 14.1 Å². The van der Waals surface area contributed by atoms with E-state index in [2.05, 4.69) is 10.1 Å². The van der Waals surface area contributed by atoms with Gasteiger partial charge in [-0.15, -0.1) is 24.8 Å². The normalized spacial score (nSPS) is 17.6. The van der Waals surface area contributed by atoms with Gasteiger partial charge < -0.3 is 15.2 Å². The molecule has 17 heavy (non-hydrogen) atoms. The molecule has 1 fully saturated rings. The molecule has 0 spiro atoms. The van der Waals surface area contributed by atoms with Gasteiger partial charge in [-0.3, -0.25) is 0 Å². The Labute approximate surface area is 114 Å². The molecule has 1 heterocycles. The molecule has 0 aromatic carbocycles. The number of halogens is 2. The van der Waals surface area contributed by atoms with Crippen LogP contribution in [0, 0.1) is 0 Å². The Balaban J connectivity index is 0.00000128. The number of nitrogens with two attached hydrogens (primary N) is 1. The topological polar surface area (TPSA) is 68.2 Å². The fourth-order valence-corrected chi connectivity index (χ4v) is 2.02. The van der Waals surface area contributed by atoms with Gasteiger partial charge in [-0.25, -0.2) is 0 Å². The van der Waals surface area contributed by atoms with E-state index in [0.29, 0.717) is 18.3 Å². The van der Waals surface area contributed by atoms with Gasteiger partial charge in [-0.1, -0.05) is 18.0 Å². The lowest BCUT2D eigenvalue weighted by Crippen LogP contribution is -2.34. The Hall–Kier alpha value is -0.360. The summed E-state index contributed by atoms with van der Waals surface area (Å²) < 4.78 is 5.17. The maximum atomic E-state index is 6.23. The van der Waals surface area contributed by atoms with E-state index in [1.54, 1.807) is 0 Å². The number of aromatic nitrogens is 2. The maximum absolute atomic E-state index is 6.23. The highest BCUT2D eigenvalue weighted by molar-refractivity contribution is 5.85. The van der Waals surface area contributed by atoms with Gasteiger partial charge in [0.2, 0.25) is 5.89 Å². The minimum atomic E-state index is -0.339. The Bertz CT molecular complexity index is 337. The average Bonchev–Trinajstić information content (AvgIpc) is 2.74. The van der Waals surface area contributed by atoms with Gasteiger partial charge >= 0.3 is 0 Å². The largest absolute Gasteiger partial charge is 0.338 e. The Morgan fingerprint density at radius 3 is 2.41 bits per heavy atom. The van der Waals surface area contributed by atoms with Gasteiger partial charge in [0.05, 0.1) is 12.1 Å². The molecule has 100 valence electrons. The van der Waals surface area contributed by atoms with E-state index in [1.165, 1.54) is 0 Å². The number of hydrogen-bond donors (Lipinski definition) is 1. The lowest BCUT2D eigenvalue weighted by Gasteiger charge is -2.17. The van der Waals surface area contributed by atoms with E-state index in [9.17, 15) is 0 Å². The van der Waals surface area contributed by atoms with Crippen molar-refractivity contribution in [1.82, 2.24) is 15.0 Å². The lowest BCUT2D eigenvalue weighted by molar-refractivity contribution is 0.297. The molecule has 0 amide bonds. The average molecular weight is 283 g/mol. The molecule has 0 aliphatic heterocycles. The van der Waals surface area contributed by atoms with Crippen molar-refractivity contribution in [3.05, 3.63) is 11.7 Å². The van der Waals surface area contributed by atoms with E-state index in [-0.39, 0.29) is 30.4 Å². The summed E-state index contributed by atoms with van der Waals surface area (Å²) >= 11 is 0. The van der Waals surface area contributed by atoms with Crippen molar-refractivity contribution in [3.63, 3.8) is 0 Å². The standard InChI is InChI=1S/C10H18N4O.2ClH/c1-14(2)7-8-12-9(13-15-8)10(11)5-3-4-6-10;;/h3-7,11H2,1-2H3;2*1H. The summed E-state index contributed by atoms with van der Waals surface area (Å²) in [5.74, 6) is 1.32. The first-order valence-electron chi connectivity index (χ1n) is 5.37. The Morgan fingerprint density at radius 2 is 1.88 bits per heavy atom. The summed E-state index contributed by atoms with van der Waals surface area (Å²) in [7, 11) is 3.94. The van der Waals surface area contributed by atoms with Crippen LogP contribution in [0.15, 0.2) is 4.52 Å². The minimum Gasteiger partial charge on any atom is -0.338 e. The Kier molecular flexibility index (Phi) is 6.40. The monoisotopic (exact) mass is 282 g/mol. The second-order valence-electron chi connectivity index (χ2n) is 4.61. The van der Waals surface area contributed by atoms with Gasteiger partial charge in [0, 0.05) is 0 Å². The van der Waals surface area contributed by atoms with Gasteiger partial charge in [0.15, 0.2) is 5.82 Å². The molecule has 1 aromatic rings. The summed E-state index contributed by atoms with van der Waals surface area (Å²) in [5.41, 5.74) is 5.89. The third-order valence-corrected chi connectivity index (χ3v) is 2.86. The highest BCUT2D eigenvalue weighted by Gasteiger charge is 2.35. The fourth-order valence-electron chi connectivity index (χ4n) is 2.02. The molecule has 0 bridgehead atoms. The van der Waals surface area contributed by atoms with Crippen molar-refractivity contribution in [2.24, 2.45) is 5.73 Å². The summed E-state index contributed by atoms with van der Waals surface area (Å²) in [6.45, 7) is 0.670. The Morgan fingerprint density at radius 1 is 1.29 bits per heavy atom. The zero-order chi connectivity index (χ0) is 10.9. The first kappa shape index (κ1) is 16.6. The third kappa shape index (κ3) is 3.81. The van der Waals surface area contributed by atoms with Crippen molar-refractivity contribution >= 4 is 24.8 Å². The van der Waals surface area contributed by atoms with Crippen LogP contribution in [-0.2, 0) is 12.1 Å². The van der Waals surface area contributed by atoms with E-state index < -0.39 is 0 Å². The first-order valence-corrected chi connectivity index (χ1v) is 5.37. The summed E-state index contributed by atoms with van der Waals surface area (Å²) in [5, 5.41) is 3.99. The molecule has 1 saturated carbocycles. The molecule has 1 aliphatic carbocycles. The molecule has 0 atom stereocenters. The molecule has 0 unspecified atom stereocenters.